The van der Waals surface area contributed by atoms with Gasteiger partial charge in [0, 0.05) is 110 Å². The van der Waals surface area contributed by atoms with Crippen molar-refractivity contribution in [2.24, 2.45) is 28.9 Å². The summed E-state index contributed by atoms with van der Waals surface area (Å²) in [6, 6.07) is 21.1. The summed E-state index contributed by atoms with van der Waals surface area (Å²) < 4.78 is 41.6. The number of piperazine rings is 2. The number of alkyl halides is 3. The molecule has 0 spiro atoms. The fraction of sp³-hybridized carbons (Fsp3) is 0.476. The highest BCUT2D eigenvalue weighted by atomic mass is 35.5. The van der Waals surface area contributed by atoms with Crippen LogP contribution >= 0.6 is 23.2 Å². The molecule has 25 heteroatoms. The molecular weight excluding hydrogens is 1170 g/mol. The molecule has 6 atom stereocenters. The van der Waals surface area contributed by atoms with E-state index in [0.717, 1.165) is 85.3 Å². The second kappa shape index (κ2) is 26.1. The fourth-order valence-electron chi connectivity index (χ4n) is 12.1. The van der Waals surface area contributed by atoms with Crippen molar-refractivity contribution in [2.75, 3.05) is 67.1 Å². The van der Waals surface area contributed by atoms with Gasteiger partial charge in [0.15, 0.2) is 16.9 Å². The molecule has 20 nitrogen and oxygen atoms in total. The maximum atomic E-state index is 13.9. The molecule has 0 saturated carbocycles. The van der Waals surface area contributed by atoms with E-state index in [1.807, 2.05) is 90.1 Å². The Morgan fingerprint density at radius 1 is 0.614 bits per heavy atom. The Balaban J connectivity index is 0.000000472. The third kappa shape index (κ3) is 13.3. The number of nitrogens with two attached hydrogens (primary N) is 1. The summed E-state index contributed by atoms with van der Waals surface area (Å²) in [6.07, 6.45) is 3.07. The van der Waals surface area contributed by atoms with Crippen LogP contribution in [0.4, 0.5) is 30.6 Å². The molecule has 0 bridgehead atoms. The van der Waals surface area contributed by atoms with Crippen molar-refractivity contribution in [2.45, 2.75) is 117 Å². The molecule has 3 aliphatic heterocycles. The Labute approximate surface area is 532 Å². The Hall–Kier alpha value is -7.12. The lowest BCUT2D eigenvalue weighted by molar-refractivity contribution is -0.137. The quantitative estimate of drug-likeness (QED) is 0.0533. The van der Waals surface area contributed by atoms with Gasteiger partial charge in [-0.25, -0.2) is 29.9 Å². The van der Waals surface area contributed by atoms with Crippen molar-refractivity contribution in [3.8, 4) is 34.2 Å². The van der Waals surface area contributed by atoms with Crippen LogP contribution in [-0.4, -0.2) is 152 Å². The first-order valence-corrected chi connectivity index (χ1v) is 30.9. The predicted molar refractivity (Wildman–Crippen MR) is 359 cm³/mol. The van der Waals surface area contributed by atoms with Crippen LogP contribution in [0.3, 0.4) is 0 Å². The zero-order valence-corrected chi connectivity index (χ0v) is 52.6. The first kappa shape index (κ1) is 63.9. The molecule has 0 amide bonds. The minimum Gasteiger partial charge on any atom is -0.388 e. The number of aliphatic hydroxyl groups is 2. The van der Waals surface area contributed by atoms with E-state index < -0.39 is 22.9 Å². The highest BCUT2D eigenvalue weighted by Crippen LogP contribution is 2.43. The van der Waals surface area contributed by atoms with Gasteiger partial charge in [0.1, 0.15) is 34.5 Å². The third-order valence-corrected chi connectivity index (χ3v) is 18.8. The molecule has 484 valence electrons. The maximum Gasteiger partial charge on any atom is 0.418 e. The molecule has 9 aromatic heterocycles. The highest BCUT2D eigenvalue weighted by Gasteiger charge is 2.43. The predicted octanol–water partition coefficient (Wildman–Crippen LogP) is 12.7. The lowest BCUT2D eigenvalue weighted by atomic mass is 9.69. The molecule has 9 aromatic rings. The van der Waals surface area contributed by atoms with Crippen LogP contribution in [0.5, 0.6) is 0 Å². The maximum absolute atomic E-state index is 13.9. The highest BCUT2D eigenvalue weighted by molar-refractivity contribution is 6.33. The molecule has 12 rings (SSSR count). The topological polar surface area (TPSA) is 264 Å². The lowest BCUT2D eigenvalue weighted by Gasteiger charge is -2.48. The summed E-state index contributed by atoms with van der Waals surface area (Å²) in [5, 5.41) is 53.4. The van der Waals surface area contributed by atoms with Crippen LogP contribution < -0.4 is 31.1 Å². The van der Waals surface area contributed by atoms with Crippen molar-refractivity contribution in [3.63, 3.8) is 0 Å². The number of rotatable bonds is 13. The van der Waals surface area contributed by atoms with Crippen LogP contribution in [0.1, 0.15) is 98.6 Å². The van der Waals surface area contributed by atoms with Gasteiger partial charge in [-0.2, -0.15) is 28.5 Å². The SMILES string of the molecule is CC(C)C(C)(O)C1CN(c2ccc(Cl)c(-c3[nH]nc4ncccc34)n2)CCN1.CC(C)C(C)(O)C1CN(c2ccc(Cl)c(-c3[nH]nc4ncccc34)n2)CCN1.CCC1(CC(C)C)CN(c2ccc(C(F)(F)F)c(-c3[nH]nc4ncccc34)n2)CCC1N.[HH].[HH].[HH].[HH].[HH].[HH].[HH].[HH]. The number of nitrogens with one attached hydrogen (secondary N) is 5. The molecule has 12 heterocycles. The Morgan fingerprint density at radius 3 is 1.43 bits per heavy atom. The number of halogens is 5. The molecule has 3 fully saturated rings. The summed E-state index contributed by atoms with van der Waals surface area (Å²) >= 11 is 12.9. The Bertz CT molecular complexity index is 3730. The van der Waals surface area contributed by atoms with E-state index in [2.05, 4.69) is 96.6 Å². The summed E-state index contributed by atoms with van der Waals surface area (Å²) in [5.74, 6) is 2.94. The van der Waals surface area contributed by atoms with Crippen molar-refractivity contribution in [1.29, 1.82) is 0 Å². The molecule has 0 radical (unpaired) electrons. The second-order valence-corrected chi connectivity index (χ2v) is 25.6. The van der Waals surface area contributed by atoms with Crippen LogP contribution in [0.2, 0.25) is 10.0 Å². The molecule has 3 saturated heterocycles. The van der Waals surface area contributed by atoms with Crippen molar-refractivity contribution in [1.82, 2.24) is 71.1 Å². The molecule has 88 heavy (non-hydrogen) atoms. The van der Waals surface area contributed by atoms with Gasteiger partial charge >= 0.3 is 6.18 Å². The normalized spacial score (nSPS) is 20.7. The van der Waals surface area contributed by atoms with Crippen LogP contribution in [0.25, 0.3) is 67.3 Å². The standard InChI is InChI=1S/C23H29F3N6.2C20H25ClN6O.8H2/c1-4-22(12-14(2)3)13-32(11-9-17(22)27)18-8-7-16(23(24,25)26)20(29-18)19-15-6-5-10-28-21(15)31-30-19;2*1-12(2)20(3,28)15-11-27(10-9-22-15)16-7-6-14(21)18(24-16)17-13-5-4-8-23-19(13)26-25-17;;;;;;;;/h5-8,10,14,17H,4,9,11-13,27H2,1-3H3,(H,28,30,31);2*4-8,12,15,22,28H,9-11H2,1-3H3,(H,23,25,26);8*1H. The van der Waals surface area contributed by atoms with E-state index >= 15 is 0 Å². The Kier molecular flexibility index (Phi) is 19.0. The zero-order chi connectivity index (χ0) is 62.9. The zero-order valence-electron chi connectivity index (χ0n) is 51.1. The van der Waals surface area contributed by atoms with E-state index in [-0.39, 0.29) is 58.2 Å². The lowest BCUT2D eigenvalue weighted by Crippen LogP contribution is -2.62. The van der Waals surface area contributed by atoms with Crippen molar-refractivity contribution in [3.05, 3.63) is 107 Å². The Morgan fingerprint density at radius 2 is 1.02 bits per heavy atom. The van der Waals surface area contributed by atoms with Gasteiger partial charge < -0.3 is 41.3 Å². The first-order chi connectivity index (χ1) is 41.9. The van der Waals surface area contributed by atoms with Crippen LogP contribution in [0, 0.1) is 23.2 Å². The number of anilines is 3. The number of H-pyrrole nitrogens is 3. The van der Waals surface area contributed by atoms with E-state index in [9.17, 15) is 23.4 Å². The van der Waals surface area contributed by atoms with Gasteiger partial charge in [0.25, 0.3) is 0 Å². The second-order valence-electron chi connectivity index (χ2n) is 24.8. The minimum absolute atomic E-state index is 0. The molecule has 0 aliphatic carbocycles. The van der Waals surface area contributed by atoms with Crippen LogP contribution in [0.15, 0.2) is 91.4 Å². The summed E-state index contributed by atoms with van der Waals surface area (Å²) in [7, 11) is 0. The largest absolute Gasteiger partial charge is 0.418 e. The number of pyridine rings is 6. The number of hydrogen-bond donors (Lipinski definition) is 8. The van der Waals surface area contributed by atoms with E-state index in [1.165, 1.54) is 6.07 Å². The molecular formula is C63H95Cl2F3N18O2. The smallest absolute Gasteiger partial charge is 0.388 e. The van der Waals surface area contributed by atoms with Gasteiger partial charge in [-0.05, 0) is 124 Å². The average molecular weight is 1260 g/mol. The van der Waals surface area contributed by atoms with Gasteiger partial charge in [-0.3, -0.25) is 15.3 Å². The fourth-order valence-corrected chi connectivity index (χ4v) is 12.5. The van der Waals surface area contributed by atoms with Gasteiger partial charge in [-0.1, -0.05) is 71.7 Å². The van der Waals surface area contributed by atoms with Crippen molar-refractivity contribution < 1.29 is 34.8 Å². The van der Waals surface area contributed by atoms with E-state index in [1.54, 1.807) is 30.7 Å². The molecule has 3 aliphatic rings. The summed E-state index contributed by atoms with van der Waals surface area (Å²) in [6.45, 7) is 24.3. The van der Waals surface area contributed by atoms with Crippen molar-refractivity contribution >= 4 is 73.8 Å². The number of aromatic amines is 3. The first-order valence-electron chi connectivity index (χ1n) is 30.1. The van der Waals surface area contributed by atoms with Gasteiger partial charge in [0.05, 0.1) is 56.0 Å². The third-order valence-electron chi connectivity index (χ3n) is 18.1. The number of aromatic nitrogens is 12. The van der Waals surface area contributed by atoms with Crippen LogP contribution in [-0.2, 0) is 6.18 Å². The monoisotopic (exact) mass is 1260 g/mol. The summed E-state index contributed by atoms with van der Waals surface area (Å²) in [5.41, 5.74) is 8.55. The number of fused-ring (bicyclic) bond motifs is 3. The molecule has 9 N–H and O–H groups in total. The number of nitrogens with zero attached hydrogens (tertiary/aromatic N) is 12. The summed E-state index contributed by atoms with van der Waals surface area (Å²) in [4.78, 5) is 33.3. The number of hydrogen-bond acceptors (Lipinski definition) is 17. The van der Waals surface area contributed by atoms with Gasteiger partial charge in [-0.15, -0.1) is 0 Å². The average Bonchev–Trinajstić information content (AvgIpc) is 1.36. The number of piperidine rings is 1. The van der Waals surface area contributed by atoms with Gasteiger partial charge in [0.2, 0.25) is 0 Å². The van der Waals surface area contributed by atoms with E-state index in [0.29, 0.717) is 81.7 Å². The van der Waals surface area contributed by atoms with E-state index in [4.69, 9.17) is 38.9 Å². The minimum atomic E-state index is -4.55. The molecule has 0 aromatic carbocycles. The molecule has 6 unspecified atom stereocenters.